The van der Waals surface area contributed by atoms with Crippen LogP contribution in [0.25, 0.3) is 0 Å². The summed E-state index contributed by atoms with van der Waals surface area (Å²) in [7, 11) is 4.70. The number of esters is 2. The van der Waals surface area contributed by atoms with Gasteiger partial charge in [0.05, 0.1) is 27.1 Å². The van der Waals surface area contributed by atoms with E-state index in [0.29, 0.717) is 25.9 Å². The molecule has 0 aliphatic carbocycles. The molecule has 0 heterocycles. The summed E-state index contributed by atoms with van der Waals surface area (Å²) in [4.78, 5) is 23.7. The van der Waals surface area contributed by atoms with Gasteiger partial charge >= 0.3 is 11.9 Å². The Balaban J connectivity index is 3.36. The van der Waals surface area contributed by atoms with Crippen LogP contribution in [0.2, 0.25) is 0 Å². The van der Waals surface area contributed by atoms with Crippen LogP contribution in [0.3, 0.4) is 0 Å². The first-order valence-corrected chi connectivity index (χ1v) is 5.63. The number of carbonyl (C=O) groups excluding carboxylic acids is 2. The number of nitrogens with one attached hydrogen (secondary N) is 1. The Kier molecular flexibility index (Phi) is 9.37. The number of ether oxygens (including phenoxy) is 2. The van der Waals surface area contributed by atoms with Crippen LogP contribution >= 0.6 is 0 Å². The zero-order valence-corrected chi connectivity index (χ0v) is 10.8. The molecule has 0 aromatic rings. The summed E-state index contributed by atoms with van der Waals surface area (Å²) in [5, 5.41) is 3.12. The van der Waals surface area contributed by atoms with Gasteiger partial charge in [0, 0.05) is 26.2 Å². The Morgan fingerprint density at radius 2 is 1.59 bits per heavy atom. The molecule has 0 amide bonds. The number of methoxy groups -OCH3 is 2. The molecule has 0 fully saturated rings. The first kappa shape index (κ1) is 15.9. The van der Waals surface area contributed by atoms with Gasteiger partial charge in [-0.25, -0.2) is 0 Å². The molecule has 0 saturated heterocycles. The lowest BCUT2D eigenvalue weighted by Crippen LogP contribution is -2.31. The number of hydrogen-bond acceptors (Lipinski definition) is 6. The van der Waals surface area contributed by atoms with Gasteiger partial charge in [-0.3, -0.25) is 9.59 Å². The number of rotatable bonds is 9. The smallest absolute Gasteiger partial charge is 0.306 e. The first-order valence-electron chi connectivity index (χ1n) is 5.63. The maximum Gasteiger partial charge on any atom is 0.306 e. The zero-order valence-electron chi connectivity index (χ0n) is 10.8. The van der Waals surface area contributed by atoms with Crippen molar-refractivity contribution < 1.29 is 19.1 Å². The molecule has 0 saturated carbocycles. The highest BCUT2D eigenvalue weighted by Gasteiger charge is 2.04. The molecule has 0 aromatic carbocycles. The van der Waals surface area contributed by atoms with Gasteiger partial charge in [0.15, 0.2) is 0 Å². The van der Waals surface area contributed by atoms with E-state index in [1.165, 1.54) is 14.2 Å². The predicted molar refractivity (Wildman–Crippen MR) is 63.6 cm³/mol. The van der Waals surface area contributed by atoms with Gasteiger partial charge < -0.3 is 19.7 Å². The van der Waals surface area contributed by atoms with Crippen molar-refractivity contribution >= 4 is 11.9 Å². The second-order valence-electron chi connectivity index (χ2n) is 3.71. The molecular weight excluding hydrogens is 224 g/mol. The van der Waals surface area contributed by atoms with Crippen molar-refractivity contribution in [3.63, 3.8) is 0 Å². The van der Waals surface area contributed by atoms with E-state index in [2.05, 4.69) is 14.8 Å². The van der Waals surface area contributed by atoms with Gasteiger partial charge in [-0.15, -0.1) is 0 Å². The SMILES string of the molecule is COC(=O)CCNCCN(C)CCC(=O)OC. The van der Waals surface area contributed by atoms with Gasteiger partial charge in [-0.05, 0) is 7.05 Å². The van der Waals surface area contributed by atoms with Crippen LogP contribution in [0.4, 0.5) is 0 Å². The van der Waals surface area contributed by atoms with Gasteiger partial charge in [-0.2, -0.15) is 0 Å². The first-order chi connectivity index (χ1) is 8.10. The topological polar surface area (TPSA) is 67.9 Å². The minimum atomic E-state index is -0.212. The maximum absolute atomic E-state index is 10.9. The molecule has 0 aromatic heterocycles. The Bertz CT molecular complexity index is 234. The Labute approximate surface area is 102 Å². The highest BCUT2D eigenvalue weighted by Crippen LogP contribution is 1.89. The average molecular weight is 246 g/mol. The van der Waals surface area contributed by atoms with E-state index < -0.39 is 0 Å². The molecule has 100 valence electrons. The second-order valence-corrected chi connectivity index (χ2v) is 3.71. The number of hydrogen-bond donors (Lipinski definition) is 1. The van der Waals surface area contributed by atoms with Crippen LogP contribution in [0.5, 0.6) is 0 Å². The average Bonchev–Trinajstić information content (AvgIpc) is 2.34. The lowest BCUT2D eigenvalue weighted by Gasteiger charge is -2.15. The maximum atomic E-state index is 10.9. The molecular formula is C11H22N2O4. The molecule has 0 rings (SSSR count). The van der Waals surface area contributed by atoms with E-state index in [9.17, 15) is 9.59 Å². The summed E-state index contributed by atoms with van der Waals surface area (Å²) >= 11 is 0. The van der Waals surface area contributed by atoms with Crippen molar-refractivity contribution in [2.24, 2.45) is 0 Å². The van der Waals surface area contributed by atoms with Crippen molar-refractivity contribution in [2.75, 3.05) is 47.4 Å². The van der Waals surface area contributed by atoms with E-state index in [1.54, 1.807) is 0 Å². The molecule has 6 heteroatoms. The highest BCUT2D eigenvalue weighted by atomic mass is 16.5. The minimum Gasteiger partial charge on any atom is -0.469 e. The van der Waals surface area contributed by atoms with E-state index in [0.717, 1.165) is 13.1 Å². The third-order valence-corrected chi connectivity index (χ3v) is 2.33. The van der Waals surface area contributed by atoms with E-state index >= 15 is 0 Å². The van der Waals surface area contributed by atoms with E-state index in [4.69, 9.17) is 0 Å². The van der Waals surface area contributed by atoms with Crippen LogP contribution < -0.4 is 5.32 Å². The molecule has 0 aliphatic heterocycles. The fourth-order valence-corrected chi connectivity index (χ4v) is 1.18. The van der Waals surface area contributed by atoms with Gasteiger partial charge in [0.25, 0.3) is 0 Å². The third kappa shape index (κ3) is 9.77. The number of carbonyl (C=O) groups is 2. The van der Waals surface area contributed by atoms with Crippen molar-refractivity contribution in [3.05, 3.63) is 0 Å². The molecule has 0 unspecified atom stereocenters. The second kappa shape index (κ2) is 10.0. The Morgan fingerprint density at radius 1 is 1.00 bits per heavy atom. The highest BCUT2D eigenvalue weighted by molar-refractivity contribution is 5.69. The van der Waals surface area contributed by atoms with Crippen LogP contribution in [-0.2, 0) is 19.1 Å². The standard InChI is InChI=1S/C11H22N2O4/c1-13(8-5-11(15)17-3)9-7-12-6-4-10(14)16-2/h12H,4-9H2,1-3H3. The van der Waals surface area contributed by atoms with Gasteiger partial charge in [0.2, 0.25) is 0 Å². The number of nitrogens with zero attached hydrogens (tertiary/aromatic N) is 1. The summed E-state index contributed by atoms with van der Waals surface area (Å²) in [6.07, 6.45) is 0.775. The molecule has 0 aliphatic rings. The summed E-state index contributed by atoms with van der Waals surface area (Å²) in [6.45, 7) is 2.87. The van der Waals surface area contributed by atoms with Crippen molar-refractivity contribution in [1.82, 2.24) is 10.2 Å². The fourth-order valence-electron chi connectivity index (χ4n) is 1.18. The molecule has 0 bridgehead atoms. The summed E-state index contributed by atoms with van der Waals surface area (Å²) in [5.41, 5.74) is 0. The van der Waals surface area contributed by atoms with Gasteiger partial charge in [-0.1, -0.05) is 0 Å². The van der Waals surface area contributed by atoms with Crippen LogP contribution in [0.1, 0.15) is 12.8 Å². The molecule has 0 atom stereocenters. The van der Waals surface area contributed by atoms with Crippen LogP contribution in [0.15, 0.2) is 0 Å². The Hall–Kier alpha value is -1.14. The molecule has 0 spiro atoms. The Morgan fingerprint density at radius 3 is 2.18 bits per heavy atom. The summed E-state index contributed by atoms with van der Waals surface area (Å²) in [6, 6.07) is 0. The quantitative estimate of drug-likeness (QED) is 0.442. The van der Waals surface area contributed by atoms with E-state index in [-0.39, 0.29) is 11.9 Å². The number of likely N-dealkylation sites (N-methyl/N-ethyl adjacent to an activating group) is 1. The van der Waals surface area contributed by atoms with Crippen LogP contribution in [0, 0.1) is 0 Å². The molecule has 17 heavy (non-hydrogen) atoms. The fraction of sp³-hybridized carbons (Fsp3) is 0.818. The normalized spacial score (nSPS) is 10.4. The summed E-state index contributed by atoms with van der Waals surface area (Å²) in [5.74, 6) is -0.410. The molecule has 6 nitrogen and oxygen atoms in total. The molecule has 1 N–H and O–H groups in total. The van der Waals surface area contributed by atoms with Crippen molar-refractivity contribution in [2.45, 2.75) is 12.8 Å². The predicted octanol–water partition coefficient (Wildman–Crippen LogP) is -0.366. The van der Waals surface area contributed by atoms with E-state index in [1.807, 2.05) is 11.9 Å². The summed E-state index contributed by atoms with van der Waals surface area (Å²) < 4.78 is 9.06. The van der Waals surface area contributed by atoms with Crippen LogP contribution in [-0.4, -0.2) is 64.3 Å². The zero-order chi connectivity index (χ0) is 13.1. The monoisotopic (exact) mass is 246 g/mol. The van der Waals surface area contributed by atoms with Gasteiger partial charge in [0.1, 0.15) is 0 Å². The third-order valence-electron chi connectivity index (χ3n) is 2.33. The van der Waals surface area contributed by atoms with Crippen molar-refractivity contribution in [3.8, 4) is 0 Å². The molecule has 0 radical (unpaired) electrons. The lowest BCUT2D eigenvalue weighted by molar-refractivity contribution is -0.141. The minimum absolute atomic E-state index is 0.199. The van der Waals surface area contributed by atoms with Crippen molar-refractivity contribution in [1.29, 1.82) is 0 Å². The largest absolute Gasteiger partial charge is 0.469 e. The lowest BCUT2D eigenvalue weighted by atomic mass is 10.4.